The molecule has 0 atom stereocenters. The van der Waals surface area contributed by atoms with Crippen LogP contribution >= 0.6 is 0 Å². The van der Waals surface area contributed by atoms with E-state index in [0.29, 0.717) is 12.0 Å². The number of benzene rings is 1. The van der Waals surface area contributed by atoms with Gasteiger partial charge in [-0.2, -0.15) is 0 Å². The fourth-order valence-electron chi connectivity index (χ4n) is 2.61. The summed E-state index contributed by atoms with van der Waals surface area (Å²) in [7, 11) is 0. The SMILES string of the molecule is C=CCc1c(C(C)(C)C)oc(=O)c(C)c1-c1ccccc1. The monoisotopic (exact) mass is 282 g/mol. The van der Waals surface area contributed by atoms with Crippen LogP contribution < -0.4 is 5.63 Å². The topological polar surface area (TPSA) is 30.2 Å². The highest BCUT2D eigenvalue weighted by Gasteiger charge is 2.26. The molecule has 0 bridgehead atoms. The zero-order valence-electron chi connectivity index (χ0n) is 13.2. The predicted octanol–water partition coefficient (Wildman–Crippen LogP) is 4.64. The van der Waals surface area contributed by atoms with Crippen LogP contribution in [0.4, 0.5) is 0 Å². The van der Waals surface area contributed by atoms with E-state index in [4.69, 9.17) is 4.42 Å². The van der Waals surface area contributed by atoms with E-state index in [2.05, 4.69) is 27.4 Å². The zero-order chi connectivity index (χ0) is 15.6. The molecule has 0 spiro atoms. The average Bonchev–Trinajstić information content (AvgIpc) is 2.43. The first kappa shape index (κ1) is 15.3. The van der Waals surface area contributed by atoms with E-state index in [1.165, 1.54) is 0 Å². The first-order valence-corrected chi connectivity index (χ1v) is 7.19. The van der Waals surface area contributed by atoms with Gasteiger partial charge in [-0.05, 0) is 24.5 Å². The van der Waals surface area contributed by atoms with E-state index in [0.717, 1.165) is 22.5 Å². The number of hydrogen-bond donors (Lipinski definition) is 0. The second kappa shape index (κ2) is 5.72. The lowest BCUT2D eigenvalue weighted by Gasteiger charge is -2.23. The molecule has 2 heteroatoms. The summed E-state index contributed by atoms with van der Waals surface area (Å²) in [6.45, 7) is 11.8. The van der Waals surface area contributed by atoms with Gasteiger partial charge in [0.15, 0.2) is 0 Å². The van der Waals surface area contributed by atoms with Crippen molar-refractivity contribution in [1.82, 2.24) is 0 Å². The number of allylic oxidation sites excluding steroid dienone is 1. The van der Waals surface area contributed by atoms with Gasteiger partial charge in [-0.1, -0.05) is 57.2 Å². The normalized spacial score (nSPS) is 11.4. The Morgan fingerprint density at radius 3 is 2.33 bits per heavy atom. The lowest BCUT2D eigenvalue weighted by atomic mass is 9.84. The summed E-state index contributed by atoms with van der Waals surface area (Å²) in [5.74, 6) is 0.747. The molecule has 110 valence electrons. The quantitative estimate of drug-likeness (QED) is 0.768. The molecule has 1 heterocycles. The third kappa shape index (κ3) is 2.99. The third-order valence-electron chi connectivity index (χ3n) is 3.54. The van der Waals surface area contributed by atoms with E-state index >= 15 is 0 Å². The molecule has 0 saturated heterocycles. The van der Waals surface area contributed by atoms with Gasteiger partial charge in [0.25, 0.3) is 0 Å². The van der Waals surface area contributed by atoms with Crippen molar-refractivity contribution in [2.45, 2.75) is 39.5 Å². The lowest BCUT2D eigenvalue weighted by molar-refractivity contribution is 0.370. The van der Waals surface area contributed by atoms with Crippen molar-refractivity contribution in [3.05, 3.63) is 70.3 Å². The van der Waals surface area contributed by atoms with Gasteiger partial charge < -0.3 is 4.42 Å². The van der Waals surface area contributed by atoms with Crippen molar-refractivity contribution in [3.8, 4) is 11.1 Å². The maximum atomic E-state index is 12.2. The van der Waals surface area contributed by atoms with Gasteiger partial charge in [0, 0.05) is 16.5 Å². The Hall–Kier alpha value is -2.09. The van der Waals surface area contributed by atoms with Gasteiger partial charge in [-0.3, -0.25) is 0 Å². The largest absolute Gasteiger partial charge is 0.427 e. The Kier molecular flexibility index (Phi) is 4.17. The molecule has 0 amide bonds. The molecule has 0 fully saturated rings. The van der Waals surface area contributed by atoms with Crippen molar-refractivity contribution >= 4 is 0 Å². The maximum absolute atomic E-state index is 12.2. The summed E-state index contributed by atoms with van der Waals surface area (Å²) in [6.07, 6.45) is 2.54. The van der Waals surface area contributed by atoms with Crippen LogP contribution in [-0.4, -0.2) is 0 Å². The Morgan fingerprint density at radius 2 is 1.81 bits per heavy atom. The van der Waals surface area contributed by atoms with E-state index in [-0.39, 0.29) is 11.0 Å². The van der Waals surface area contributed by atoms with E-state index in [9.17, 15) is 4.79 Å². The molecule has 1 aromatic carbocycles. The minimum atomic E-state index is -0.258. The van der Waals surface area contributed by atoms with Crippen LogP contribution in [0, 0.1) is 6.92 Å². The molecule has 0 radical (unpaired) electrons. The molecular weight excluding hydrogens is 260 g/mol. The summed E-state index contributed by atoms with van der Waals surface area (Å²) in [6, 6.07) is 10.00. The molecule has 21 heavy (non-hydrogen) atoms. The first-order chi connectivity index (χ1) is 9.86. The highest BCUT2D eigenvalue weighted by atomic mass is 16.4. The van der Waals surface area contributed by atoms with E-state index in [1.54, 1.807) is 0 Å². The van der Waals surface area contributed by atoms with Crippen LogP contribution in [0.2, 0.25) is 0 Å². The first-order valence-electron chi connectivity index (χ1n) is 7.19. The van der Waals surface area contributed by atoms with Gasteiger partial charge in [0.1, 0.15) is 5.76 Å². The van der Waals surface area contributed by atoms with Crippen molar-refractivity contribution in [2.24, 2.45) is 0 Å². The number of rotatable bonds is 3. The van der Waals surface area contributed by atoms with Crippen molar-refractivity contribution in [2.75, 3.05) is 0 Å². The van der Waals surface area contributed by atoms with Crippen LogP contribution in [0.15, 0.2) is 52.2 Å². The molecular formula is C19H22O2. The standard InChI is InChI=1S/C19H22O2/c1-6-10-15-16(14-11-8-7-9-12-14)13(2)18(20)21-17(15)19(3,4)5/h6-9,11-12H,1,10H2,2-5H3. The van der Waals surface area contributed by atoms with Gasteiger partial charge in [0.05, 0.1) is 0 Å². The van der Waals surface area contributed by atoms with Crippen molar-refractivity contribution < 1.29 is 4.42 Å². The molecule has 2 nitrogen and oxygen atoms in total. The summed E-state index contributed by atoms with van der Waals surface area (Å²) in [4.78, 5) is 12.2. The predicted molar refractivity (Wildman–Crippen MR) is 87.8 cm³/mol. The number of hydrogen-bond acceptors (Lipinski definition) is 2. The lowest BCUT2D eigenvalue weighted by Crippen LogP contribution is -2.20. The molecule has 1 aromatic heterocycles. The second-order valence-corrected chi connectivity index (χ2v) is 6.31. The summed E-state index contributed by atoms with van der Waals surface area (Å²) >= 11 is 0. The fourth-order valence-corrected chi connectivity index (χ4v) is 2.61. The highest BCUT2D eigenvalue weighted by Crippen LogP contribution is 2.34. The van der Waals surface area contributed by atoms with Gasteiger partial charge >= 0.3 is 5.63 Å². The Bertz CT molecular complexity index is 701. The summed E-state index contributed by atoms with van der Waals surface area (Å²) in [5.41, 5.74) is 3.26. The van der Waals surface area contributed by atoms with Crippen LogP contribution in [-0.2, 0) is 11.8 Å². The molecule has 2 aromatic rings. The second-order valence-electron chi connectivity index (χ2n) is 6.31. The van der Waals surface area contributed by atoms with Crippen molar-refractivity contribution in [3.63, 3.8) is 0 Å². The van der Waals surface area contributed by atoms with Crippen LogP contribution in [0.3, 0.4) is 0 Å². The molecule has 0 aliphatic rings. The summed E-state index contributed by atoms with van der Waals surface area (Å²) in [5, 5.41) is 0. The van der Waals surface area contributed by atoms with Gasteiger partial charge in [-0.15, -0.1) is 6.58 Å². The molecule has 0 aliphatic heterocycles. The molecule has 0 unspecified atom stereocenters. The Morgan fingerprint density at radius 1 is 1.19 bits per heavy atom. The zero-order valence-corrected chi connectivity index (χ0v) is 13.2. The Labute approximate surface area is 126 Å². The third-order valence-corrected chi connectivity index (χ3v) is 3.54. The fraction of sp³-hybridized carbons (Fsp3) is 0.316. The molecule has 0 saturated carbocycles. The van der Waals surface area contributed by atoms with Crippen LogP contribution in [0.1, 0.15) is 37.7 Å². The van der Waals surface area contributed by atoms with Crippen molar-refractivity contribution in [1.29, 1.82) is 0 Å². The highest BCUT2D eigenvalue weighted by molar-refractivity contribution is 5.71. The van der Waals surface area contributed by atoms with Gasteiger partial charge in [0.2, 0.25) is 0 Å². The minimum absolute atomic E-state index is 0.227. The minimum Gasteiger partial charge on any atom is -0.427 e. The van der Waals surface area contributed by atoms with Crippen LogP contribution in [0.5, 0.6) is 0 Å². The Balaban J connectivity index is 2.87. The summed E-state index contributed by atoms with van der Waals surface area (Å²) < 4.78 is 5.61. The van der Waals surface area contributed by atoms with E-state index in [1.807, 2.05) is 43.3 Å². The van der Waals surface area contributed by atoms with Gasteiger partial charge in [-0.25, -0.2) is 4.79 Å². The molecule has 0 N–H and O–H groups in total. The van der Waals surface area contributed by atoms with E-state index < -0.39 is 0 Å². The maximum Gasteiger partial charge on any atom is 0.339 e. The smallest absolute Gasteiger partial charge is 0.339 e. The average molecular weight is 282 g/mol. The molecule has 2 rings (SSSR count). The molecule has 0 aliphatic carbocycles. The van der Waals surface area contributed by atoms with Crippen LogP contribution in [0.25, 0.3) is 11.1 Å².